The average molecular weight is 412 g/mol. The van der Waals surface area contributed by atoms with Gasteiger partial charge < -0.3 is 14.2 Å². The van der Waals surface area contributed by atoms with Crippen molar-refractivity contribution in [2.24, 2.45) is 5.92 Å². The van der Waals surface area contributed by atoms with Crippen LogP contribution in [0.4, 0.5) is 0 Å². The predicted octanol–water partition coefficient (Wildman–Crippen LogP) is 2.45. The molecule has 138 valence electrons. The Morgan fingerprint density at radius 3 is 2.56 bits per heavy atom. The molecule has 0 N–H and O–H groups in total. The number of piperazine rings is 1. The SMILES string of the molecule is CC(C)CCN1CCC(N2CCN(C(=O)c3ccc(Br)o3)CC2)C1=O. The van der Waals surface area contributed by atoms with Crippen molar-refractivity contribution in [2.75, 3.05) is 39.3 Å². The van der Waals surface area contributed by atoms with Gasteiger partial charge in [-0.15, -0.1) is 0 Å². The Labute approximate surface area is 157 Å². The van der Waals surface area contributed by atoms with Crippen LogP contribution in [0.1, 0.15) is 37.2 Å². The standard InChI is InChI=1S/C18H26BrN3O3/c1-13(2)5-7-21-8-6-14(17(21)23)20-9-11-22(12-10-20)18(24)15-3-4-16(19)25-15/h3-4,13-14H,5-12H2,1-2H3. The molecule has 0 saturated carbocycles. The van der Waals surface area contributed by atoms with Crippen molar-refractivity contribution in [3.63, 3.8) is 0 Å². The molecule has 2 saturated heterocycles. The van der Waals surface area contributed by atoms with E-state index in [-0.39, 0.29) is 17.9 Å². The summed E-state index contributed by atoms with van der Waals surface area (Å²) >= 11 is 3.22. The number of likely N-dealkylation sites (tertiary alicyclic amines) is 1. The van der Waals surface area contributed by atoms with Crippen LogP contribution >= 0.6 is 15.9 Å². The summed E-state index contributed by atoms with van der Waals surface area (Å²) in [5, 5.41) is 0. The van der Waals surface area contributed by atoms with Gasteiger partial charge in [0.25, 0.3) is 5.91 Å². The van der Waals surface area contributed by atoms with Crippen LogP contribution in [-0.2, 0) is 4.79 Å². The molecule has 0 radical (unpaired) electrons. The first-order valence-corrected chi connectivity index (χ1v) is 9.82. The first kappa shape index (κ1) is 18.5. The van der Waals surface area contributed by atoms with Gasteiger partial charge in [-0.25, -0.2) is 0 Å². The molecule has 3 rings (SSSR count). The van der Waals surface area contributed by atoms with Gasteiger partial charge in [0.15, 0.2) is 10.4 Å². The highest BCUT2D eigenvalue weighted by atomic mass is 79.9. The number of hydrogen-bond donors (Lipinski definition) is 0. The van der Waals surface area contributed by atoms with Crippen molar-refractivity contribution < 1.29 is 14.0 Å². The van der Waals surface area contributed by atoms with Crippen molar-refractivity contribution >= 4 is 27.7 Å². The van der Waals surface area contributed by atoms with Crippen molar-refractivity contribution in [2.45, 2.75) is 32.7 Å². The number of furan rings is 1. The molecule has 6 nitrogen and oxygen atoms in total. The van der Waals surface area contributed by atoms with Crippen molar-refractivity contribution in [1.82, 2.24) is 14.7 Å². The largest absolute Gasteiger partial charge is 0.444 e. The van der Waals surface area contributed by atoms with Crippen LogP contribution in [0.25, 0.3) is 0 Å². The Kier molecular flexibility index (Phi) is 5.84. The first-order valence-electron chi connectivity index (χ1n) is 9.03. The van der Waals surface area contributed by atoms with E-state index >= 15 is 0 Å². The van der Waals surface area contributed by atoms with Crippen LogP contribution in [-0.4, -0.2) is 71.8 Å². The maximum absolute atomic E-state index is 12.6. The van der Waals surface area contributed by atoms with E-state index in [4.69, 9.17) is 4.42 Å². The molecule has 3 heterocycles. The van der Waals surface area contributed by atoms with E-state index in [0.717, 1.165) is 39.0 Å². The number of amides is 2. The minimum absolute atomic E-state index is 0.0119. The molecular weight excluding hydrogens is 386 g/mol. The lowest BCUT2D eigenvalue weighted by molar-refractivity contribution is -0.132. The molecule has 25 heavy (non-hydrogen) atoms. The van der Waals surface area contributed by atoms with E-state index in [1.54, 1.807) is 17.0 Å². The van der Waals surface area contributed by atoms with Crippen LogP contribution in [0.15, 0.2) is 21.2 Å². The molecule has 1 aromatic rings. The van der Waals surface area contributed by atoms with Gasteiger partial charge >= 0.3 is 0 Å². The van der Waals surface area contributed by atoms with Crippen molar-refractivity contribution in [3.8, 4) is 0 Å². The van der Waals surface area contributed by atoms with Gasteiger partial charge in [0.1, 0.15) is 0 Å². The second-order valence-corrected chi connectivity index (χ2v) is 8.03. The lowest BCUT2D eigenvalue weighted by Gasteiger charge is -2.37. The average Bonchev–Trinajstić information content (AvgIpc) is 3.18. The maximum Gasteiger partial charge on any atom is 0.289 e. The first-order chi connectivity index (χ1) is 12.0. The molecule has 1 unspecified atom stereocenters. The number of halogens is 1. The Morgan fingerprint density at radius 2 is 1.96 bits per heavy atom. The predicted molar refractivity (Wildman–Crippen MR) is 98.3 cm³/mol. The smallest absolute Gasteiger partial charge is 0.289 e. The molecule has 0 spiro atoms. The van der Waals surface area contributed by atoms with Crippen LogP contribution < -0.4 is 0 Å². The van der Waals surface area contributed by atoms with Crippen LogP contribution in [0.3, 0.4) is 0 Å². The van der Waals surface area contributed by atoms with Crippen molar-refractivity contribution in [3.05, 3.63) is 22.6 Å². The van der Waals surface area contributed by atoms with Gasteiger partial charge in [0, 0.05) is 39.3 Å². The van der Waals surface area contributed by atoms with Crippen molar-refractivity contribution in [1.29, 1.82) is 0 Å². The number of hydrogen-bond acceptors (Lipinski definition) is 4. The van der Waals surface area contributed by atoms with E-state index in [0.29, 0.717) is 29.4 Å². The quantitative estimate of drug-likeness (QED) is 0.746. The van der Waals surface area contributed by atoms with E-state index in [2.05, 4.69) is 34.7 Å². The lowest BCUT2D eigenvalue weighted by atomic mass is 10.1. The van der Waals surface area contributed by atoms with Gasteiger partial charge in [-0.2, -0.15) is 0 Å². The molecule has 1 atom stereocenters. The van der Waals surface area contributed by atoms with E-state index in [1.807, 2.05) is 4.90 Å². The molecule has 0 aromatic carbocycles. The minimum Gasteiger partial charge on any atom is -0.444 e. The third kappa shape index (κ3) is 4.26. The summed E-state index contributed by atoms with van der Waals surface area (Å²) in [6, 6.07) is 3.40. The Hall–Kier alpha value is -1.34. The highest BCUT2D eigenvalue weighted by Crippen LogP contribution is 2.21. The molecule has 0 bridgehead atoms. The van der Waals surface area contributed by atoms with Gasteiger partial charge in [0.2, 0.25) is 5.91 Å². The molecule has 2 aliphatic rings. The fraction of sp³-hybridized carbons (Fsp3) is 0.667. The third-order valence-electron chi connectivity index (χ3n) is 5.07. The van der Waals surface area contributed by atoms with Gasteiger partial charge in [-0.1, -0.05) is 13.8 Å². The van der Waals surface area contributed by atoms with E-state index in [1.165, 1.54) is 0 Å². The maximum atomic E-state index is 12.6. The highest BCUT2D eigenvalue weighted by Gasteiger charge is 2.37. The molecule has 2 amide bonds. The van der Waals surface area contributed by atoms with Gasteiger partial charge in [0.05, 0.1) is 6.04 Å². The molecule has 2 fully saturated rings. The second-order valence-electron chi connectivity index (χ2n) is 7.24. The number of nitrogens with zero attached hydrogens (tertiary/aromatic N) is 3. The fourth-order valence-electron chi connectivity index (χ4n) is 3.52. The zero-order valence-corrected chi connectivity index (χ0v) is 16.5. The number of carbonyl (C=O) groups is 2. The summed E-state index contributed by atoms with van der Waals surface area (Å²) in [5.41, 5.74) is 0. The van der Waals surface area contributed by atoms with E-state index < -0.39 is 0 Å². The van der Waals surface area contributed by atoms with Gasteiger partial charge in [-0.3, -0.25) is 14.5 Å². The zero-order valence-electron chi connectivity index (χ0n) is 14.9. The van der Waals surface area contributed by atoms with Crippen LogP contribution in [0, 0.1) is 5.92 Å². The summed E-state index contributed by atoms with van der Waals surface area (Å²) in [7, 11) is 0. The highest BCUT2D eigenvalue weighted by molar-refractivity contribution is 9.10. The Morgan fingerprint density at radius 1 is 1.24 bits per heavy atom. The Bertz CT molecular complexity index is 623. The number of carbonyl (C=O) groups excluding carboxylic acids is 2. The van der Waals surface area contributed by atoms with Crippen LogP contribution in [0.2, 0.25) is 0 Å². The number of rotatable bonds is 5. The van der Waals surface area contributed by atoms with Crippen LogP contribution in [0.5, 0.6) is 0 Å². The summed E-state index contributed by atoms with van der Waals surface area (Å²) in [6.07, 6.45) is 1.95. The fourth-order valence-corrected chi connectivity index (χ4v) is 3.83. The van der Waals surface area contributed by atoms with Gasteiger partial charge in [-0.05, 0) is 46.8 Å². The molecule has 0 aliphatic carbocycles. The second kappa shape index (κ2) is 7.91. The summed E-state index contributed by atoms with van der Waals surface area (Å²) in [5.74, 6) is 1.15. The molecule has 7 heteroatoms. The third-order valence-corrected chi connectivity index (χ3v) is 5.50. The Balaban J connectivity index is 1.51. The normalized spacial score (nSPS) is 22.2. The lowest BCUT2D eigenvalue weighted by Crippen LogP contribution is -2.53. The minimum atomic E-state index is -0.0818. The zero-order chi connectivity index (χ0) is 18.0. The summed E-state index contributed by atoms with van der Waals surface area (Å²) in [6.45, 7) is 8.83. The topological polar surface area (TPSA) is 57.0 Å². The molecular formula is C18H26BrN3O3. The molecule has 2 aliphatic heterocycles. The monoisotopic (exact) mass is 411 g/mol. The summed E-state index contributed by atoms with van der Waals surface area (Å²) in [4.78, 5) is 31.1. The summed E-state index contributed by atoms with van der Waals surface area (Å²) < 4.78 is 5.92. The van der Waals surface area contributed by atoms with E-state index in [9.17, 15) is 9.59 Å². The molecule has 1 aromatic heterocycles.